The lowest BCUT2D eigenvalue weighted by molar-refractivity contribution is 1.63. The molecule has 0 aliphatic heterocycles. The third kappa shape index (κ3) is 7.87. The predicted molar refractivity (Wildman–Crippen MR) is 328 cm³/mol. The van der Waals surface area contributed by atoms with Gasteiger partial charge < -0.3 is 0 Å². The van der Waals surface area contributed by atoms with Crippen LogP contribution in [0.1, 0.15) is 68.5 Å². The number of hydrogen-bond donors (Lipinski definition) is 0. The summed E-state index contributed by atoms with van der Waals surface area (Å²) in [6.45, 7) is 0. The Morgan fingerprint density at radius 2 is 0.474 bits per heavy atom. The van der Waals surface area contributed by atoms with E-state index in [2.05, 4.69) is 0 Å². The molecule has 0 amide bonds. The summed E-state index contributed by atoms with van der Waals surface area (Å²) in [6, 6.07) is -46.3. The predicted octanol–water partition coefficient (Wildman–Crippen LogP) is 21.4. The molecule has 0 saturated carbocycles. The van der Waals surface area contributed by atoms with Crippen LogP contribution in [0.25, 0.3) is 142 Å². The largest absolute Gasteiger partial charge is 0.0636 e. The van der Waals surface area contributed by atoms with Gasteiger partial charge in [-0.2, -0.15) is 0 Å². The third-order valence-corrected chi connectivity index (χ3v) is 11.9. The Balaban J connectivity index is 0.000000205. The van der Waals surface area contributed by atoms with E-state index in [1.165, 1.54) is 0 Å². The van der Waals surface area contributed by atoms with Crippen molar-refractivity contribution < 1.29 is 68.5 Å². The van der Waals surface area contributed by atoms with E-state index in [0.29, 0.717) is 0 Å². The van der Waals surface area contributed by atoms with E-state index in [0.717, 1.165) is 0 Å². The lowest BCUT2D eigenvalue weighted by Gasteiger charge is -2.19. The highest BCUT2D eigenvalue weighted by atomic mass is 14.2. The van der Waals surface area contributed by atoms with Crippen molar-refractivity contribution in [3.63, 3.8) is 0 Å². The molecule has 15 aromatic rings. The van der Waals surface area contributed by atoms with E-state index >= 15 is 0 Å². The molecular formula is C76H50. The minimum Gasteiger partial charge on any atom is -0.0622 e. The summed E-state index contributed by atoms with van der Waals surface area (Å²) in [6.07, 6.45) is 0. The van der Waals surface area contributed by atoms with Gasteiger partial charge in [0.25, 0.3) is 0 Å². The van der Waals surface area contributed by atoms with Crippen LogP contribution in [0.2, 0.25) is 0 Å². The average molecular weight is 1010 g/mol. The SMILES string of the molecule is [2H]c1c([2H])c(-c2c3c([2H])c([2H])c([2H])c([2H])c3c(-c3c([2H])c([2H])c4c([2H])c([2H])c([2H])c([2H])c4c3[2H])c3c([2H])c([2H])c([2H])c([2H])c23)c([2H])c([2H])c1-c1c([2H])c([2H])c([2H])c2c([2H])c([2H])c([2H])c([2H])c12.[2H]c1c([2H])c([2H])c(-c2c3c([2H])c([2H])c([2H])c([2H])c3c(-c3c([2H])c([2H])c([2H])c([2H])c3[2H])c3c([2H])c(-c4c([2H])c([2H])c([2H])c5c([2H])c([2H])c([2H])c([2H])c45)c([2H])c([2H])c23)c([2H])c1[2H]. The fourth-order valence-electron chi connectivity index (χ4n) is 8.69. The van der Waals surface area contributed by atoms with Crippen molar-refractivity contribution in [1.82, 2.24) is 0 Å². The lowest BCUT2D eigenvalue weighted by Crippen LogP contribution is -1.91. The third-order valence-electron chi connectivity index (χ3n) is 11.9. The maximum absolute atomic E-state index is 9.86. The second kappa shape index (κ2) is 19.2. The van der Waals surface area contributed by atoms with Gasteiger partial charge in [-0.15, -0.1) is 0 Å². The molecule has 0 N–H and O–H groups in total. The first-order valence-electron chi connectivity index (χ1n) is 47.2. The van der Waals surface area contributed by atoms with Gasteiger partial charge in [-0.3, -0.25) is 0 Å². The van der Waals surface area contributed by atoms with Crippen LogP contribution in [0.4, 0.5) is 0 Å². The summed E-state index contributed by atoms with van der Waals surface area (Å²) in [4.78, 5) is 0. The Bertz CT molecular complexity index is 7550. The van der Waals surface area contributed by atoms with Crippen LogP contribution in [0.5, 0.6) is 0 Å². The monoisotopic (exact) mass is 1010 g/mol. The van der Waals surface area contributed by atoms with Crippen molar-refractivity contribution in [2.75, 3.05) is 0 Å². The van der Waals surface area contributed by atoms with Crippen molar-refractivity contribution in [3.8, 4) is 66.8 Å². The van der Waals surface area contributed by atoms with Crippen LogP contribution >= 0.6 is 0 Å². The first kappa shape index (κ1) is 16.8. The highest BCUT2D eigenvalue weighted by Gasteiger charge is 2.19. The zero-order valence-corrected chi connectivity index (χ0v) is 38.0. The number of hydrogen-bond acceptors (Lipinski definition) is 0. The fraction of sp³-hybridized carbons (Fsp3) is 0. The zero-order chi connectivity index (χ0) is 93.9. The average Bonchev–Trinajstić information content (AvgIpc) is 0.687. The molecule has 0 atom stereocenters. The van der Waals surface area contributed by atoms with Crippen molar-refractivity contribution in [1.29, 1.82) is 0 Å². The van der Waals surface area contributed by atoms with E-state index in [-0.39, 0.29) is 0 Å². The molecule has 0 radical (unpaired) electrons. The minimum absolute atomic E-state index is 0.563. The molecule has 15 rings (SSSR count). The van der Waals surface area contributed by atoms with E-state index in [4.69, 9.17) is 49.3 Å². The Labute approximate surface area is 513 Å². The molecule has 0 saturated heterocycles. The minimum atomic E-state index is -1.08. The highest BCUT2D eigenvalue weighted by Crippen LogP contribution is 2.47. The number of benzene rings is 15. The second-order valence-electron chi connectivity index (χ2n) is 16.0. The summed E-state index contributed by atoms with van der Waals surface area (Å²) >= 11 is 0. The standard InChI is InChI=1S/C40H26.C36H24/c1-2-12-31-26-32(25-20-27(31)10-1)40-37-17-7-5-15-35(37)39(36-16-6-8-18-38(36)40)30-23-21-29(22-24-30)34-19-9-13-28-11-3-4-14-33(28)34;1-3-13-26(14-4-1)35-31-19-9-10-20-32(31)36(27-15-5-2-6-16-27)34-24-28(22-23-33(34)35)30-21-11-17-25-12-7-8-18-29(25)30/h1-26H;1-24H/i1D,2D,3D,4D,5D,6D,7D,8D,9D,10D,11D,12D,13D,14D,15D,16D,17D,18D,19D,20D,21D,22D,23D,24D,25D,26D;1D,2D,3D,4D,5D,6D,7D,8D,9D,10D,11D,12D,13D,14D,15D,16D,17D,18D,19D,20D,21D,22D,23D,24D. The fourth-order valence-corrected chi connectivity index (χ4v) is 8.69. The Morgan fingerprint density at radius 3 is 0.974 bits per heavy atom. The van der Waals surface area contributed by atoms with Gasteiger partial charge in [0, 0.05) is 0 Å². The van der Waals surface area contributed by atoms with Gasteiger partial charge in [-0.1, -0.05) is 290 Å². The topological polar surface area (TPSA) is 0 Å². The van der Waals surface area contributed by atoms with Gasteiger partial charge >= 0.3 is 0 Å². The Morgan fingerprint density at radius 1 is 0.158 bits per heavy atom. The molecule has 0 aliphatic rings. The van der Waals surface area contributed by atoms with Crippen molar-refractivity contribution in [2.45, 2.75) is 0 Å². The quantitative estimate of drug-likeness (QED) is 0.146. The second-order valence-corrected chi connectivity index (χ2v) is 16.0. The van der Waals surface area contributed by atoms with E-state index < -0.39 is 444 Å². The number of rotatable bonds is 6. The molecule has 0 bridgehead atoms. The van der Waals surface area contributed by atoms with Crippen molar-refractivity contribution in [3.05, 3.63) is 302 Å². The molecule has 0 aliphatic carbocycles. The van der Waals surface area contributed by atoms with Crippen LogP contribution in [-0.2, 0) is 0 Å². The van der Waals surface area contributed by atoms with Crippen molar-refractivity contribution in [2.24, 2.45) is 0 Å². The van der Waals surface area contributed by atoms with E-state index in [1.54, 1.807) is 0 Å². The summed E-state index contributed by atoms with van der Waals surface area (Å²) < 4.78 is 441. The lowest BCUT2D eigenvalue weighted by atomic mass is 9.84. The summed E-state index contributed by atoms with van der Waals surface area (Å²) in [7, 11) is 0. The Hall–Kier alpha value is -9.88. The first-order valence-corrected chi connectivity index (χ1v) is 22.2. The normalized spacial score (nSPS) is 20.6. The van der Waals surface area contributed by atoms with Gasteiger partial charge in [0.15, 0.2) is 0 Å². The van der Waals surface area contributed by atoms with Crippen LogP contribution in [-0.4, -0.2) is 0 Å². The molecule has 15 aromatic carbocycles. The molecule has 354 valence electrons. The van der Waals surface area contributed by atoms with Gasteiger partial charge in [0.2, 0.25) is 0 Å². The van der Waals surface area contributed by atoms with Gasteiger partial charge in [-0.25, -0.2) is 0 Å². The molecule has 0 nitrogen and oxygen atoms in total. The summed E-state index contributed by atoms with van der Waals surface area (Å²) in [5, 5.41) is -9.29. The van der Waals surface area contributed by atoms with Crippen LogP contribution < -0.4 is 0 Å². The van der Waals surface area contributed by atoms with Crippen molar-refractivity contribution >= 4 is 75.4 Å². The van der Waals surface area contributed by atoms with Gasteiger partial charge in [0.1, 0.15) is 0 Å². The van der Waals surface area contributed by atoms with Gasteiger partial charge in [0.05, 0.1) is 68.5 Å². The molecule has 0 heterocycles. The number of fused-ring (bicyclic) bond motifs is 7. The van der Waals surface area contributed by atoms with Crippen LogP contribution in [0.15, 0.2) is 302 Å². The zero-order valence-electron chi connectivity index (χ0n) is 88.0. The summed E-state index contributed by atoms with van der Waals surface area (Å²) in [5.74, 6) is 0. The van der Waals surface area contributed by atoms with Gasteiger partial charge in [-0.05, 0) is 154 Å². The maximum Gasteiger partial charge on any atom is 0.0636 e. The first-order chi connectivity index (χ1) is 58.5. The molecule has 76 heavy (non-hydrogen) atoms. The molecule has 0 aromatic heterocycles. The van der Waals surface area contributed by atoms with E-state index in [1.807, 2.05) is 0 Å². The smallest absolute Gasteiger partial charge is 0.0622 e. The summed E-state index contributed by atoms with van der Waals surface area (Å²) in [5.41, 5.74) is -9.03. The van der Waals surface area contributed by atoms with E-state index in [9.17, 15) is 19.2 Å². The Kier molecular flexibility index (Phi) is 4.25. The maximum atomic E-state index is 9.86. The molecule has 0 spiro atoms. The molecule has 0 unspecified atom stereocenters. The molecule has 0 fully saturated rings. The van der Waals surface area contributed by atoms with Crippen LogP contribution in [0, 0.1) is 0 Å². The molecular weight excluding hydrogens is 913 g/mol. The highest BCUT2D eigenvalue weighted by molar-refractivity contribution is 6.23. The van der Waals surface area contributed by atoms with Crippen LogP contribution in [0.3, 0.4) is 0 Å². The molecule has 0 heteroatoms.